The molecule has 0 bridgehead atoms. The van der Waals surface area contributed by atoms with Gasteiger partial charge in [0.15, 0.2) is 0 Å². The number of aliphatic hydroxyl groups is 1. The van der Waals surface area contributed by atoms with Crippen molar-refractivity contribution in [3.63, 3.8) is 0 Å². The average molecular weight is 293 g/mol. The third-order valence-electron chi connectivity index (χ3n) is 2.39. The highest BCUT2D eigenvalue weighted by molar-refractivity contribution is 8.06. The second kappa shape index (κ2) is 5.54. The summed E-state index contributed by atoms with van der Waals surface area (Å²) in [5.74, 6) is 1.56. The summed E-state index contributed by atoms with van der Waals surface area (Å²) in [5.41, 5.74) is 0.190. The molecule has 18 heavy (non-hydrogen) atoms. The molecule has 1 aromatic rings. The Morgan fingerprint density at radius 1 is 1.33 bits per heavy atom. The van der Waals surface area contributed by atoms with Gasteiger partial charge in [0.05, 0.1) is 12.2 Å². The van der Waals surface area contributed by atoms with Crippen LogP contribution < -0.4 is 0 Å². The second-order valence-corrected chi connectivity index (χ2v) is 5.76. The van der Waals surface area contributed by atoms with E-state index in [4.69, 9.17) is 5.11 Å². The lowest BCUT2D eigenvalue weighted by molar-refractivity contribution is -0.137. The van der Waals surface area contributed by atoms with Gasteiger partial charge in [-0.1, -0.05) is 11.8 Å². The molecule has 0 spiro atoms. The highest BCUT2D eigenvalue weighted by Gasteiger charge is 2.30. The monoisotopic (exact) mass is 293 g/mol. The molecule has 0 fully saturated rings. The number of hydrogen-bond acceptors (Lipinski definition) is 4. The molecule has 98 valence electrons. The van der Waals surface area contributed by atoms with Gasteiger partial charge >= 0.3 is 6.18 Å². The molecule has 1 aliphatic heterocycles. The second-order valence-electron chi connectivity index (χ2n) is 3.66. The zero-order valence-corrected chi connectivity index (χ0v) is 10.8. The molecule has 2 rings (SSSR count). The van der Waals surface area contributed by atoms with E-state index in [9.17, 15) is 13.2 Å². The first-order valence-corrected chi connectivity index (χ1v) is 7.08. The summed E-state index contributed by atoms with van der Waals surface area (Å²) >= 11 is 3.00. The number of aliphatic hydroxyl groups excluding tert-OH is 1. The number of hydrogen-bond donors (Lipinski definition) is 1. The first-order valence-electron chi connectivity index (χ1n) is 5.11. The maximum absolute atomic E-state index is 12.3. The molecule has 2 heterocycles. The summed E-state index contributed by atoms with van der Waals surface area (Å²) < 4.78 is 37.0. The van der Waals surface area contributed by atoms with Crippen LogP contribution in [0.3, 0.4) is 0 Å². The molecule has 0 saturated carbocycles. The van der Waals surface area contributed by atoms with E-state index in [-0.39, 0.29) is 6.61 Å². The summed E-state index contributed by atoms with van der Waals surface area (Å²) in [7, 11) is 0. The molecule has 1 N–H and O–H groups in total. The Bertz CT molecular complexity index is 456. The first-order chi connectivity index (χ1) is 8.50. The van der Waals surface area contributed by atoms with Crippen LogP contribution >= 0.6 is 23.5 Å². The van der Waals surface area contributed by atoms with E-state index >= 15 is 0 Å². The minimum Gasteiger partial charge on any atom is -0.392 e. The van der Waals surface area contributed by atoms with Gasteiger partial charge in [-0.15, -0.1) is 0 Å². The van der Waals surface area contributed by atoms with Crippen LogP contribution in [0.5, 0.6) is 0 Å². The Morgan fingerprint density at radius 2 is 2.11 bits per heavy atom. The topological polar surface area (TPSA) is 33.1 Å². The van der Waals surface area contributed by atoms with Crippen LogP contribution in [0, 0.1) is 0 Å². The van der Waals surface area contributed by atoms with Crippen LogP contribution in [-0.4, -0.2) is 28.2 Å². The molecule has 1 aromatic heterocycles. The number of alkyl halides is 3. The minimum absolute atomic E-state index is 0.00400. The first kappa shape index (κ1) is 13.8. The van der Waals surface area contributed by atoms with E-state index < -0.39 is 11.7 Å². The predicted molar refractivity (Wildman–Crippen MR) is 66.5 cm³/mol. The van der Waals surface area contributed by atoms with Crippen molar-refractivity contribution in [3.8, 4) is 0 Å². The van der Waals surface area contributed by atoms with Crippen LogP contribution in [0.1, 0.15) is 5.56 Å². The molecule has 0 unspecified atom stereocenters. The highest BCUT2D eigenvalue weighted by Crippen LogP contribution is 2.37. The SMILES string of the molecule is OCC1=C(Sc2ccc(C(F)(F)F)cn2)CSC1. The van der Waals surface area contributed by atoms with Gasteiger partial charge in [-0.25, -0.2) is 4.98 Å². The fourth-order valence-corrected chi connectivity index (χ4v) is 3.78. The molecule has 0 atom stereocenters. The molecule has 0 aliphatic carbocycles. The highest BCUT2D eigenvalue weighted by atomic mass is 32.2. The van der Waals surface area contributed by atoms with Gasteiger partial charge in [0.1, 0.15) is 5.03 Å². The number of thioether (sulfide) groups is 2. The van der Waals surface area contributed by atoms with Crippen molar-refractivity contribution in [1.29, 1.82) is 0 Å². The van der Waals surface area contributed by atoms with Crippen molar-refractivity contribution in [3.05, 3.63) is 34.4 Å². The Hall–Kier alpha value is -0.660. The van der Waals surface area contributed by atoms with Crippen LogP contribution in [-0.2, 0) is 6.18 Å². The standard InChI is InChI=1S/C11H10F3NOS2/c12-11(13,14)8-1-2-10(15-3-8)18-9-6-17-5-7(9)4-16/h1-3,16H,4-6H2. The van der Waals surface area contributed by atoms with E-state index in [0.29, 0.717) is 5.03 Å². The van der Waals surface area contributed by atoms with Crippen molar-refractivity contribution in [2.45, 2.75) is 11.2 Å². The van der Waals surface area contributed by atoms with Crippen LogP contribution in [0.4, 0.5) is 13.2 Å². The lowest BCUT2D eigenvalue weighted by Crippen LogP contribution is -2.05. The number of halogens is 3. The van der Waals surface area contributed by atoms with E-state index in [2.05, 4.69) is 4.98 Å². The van der Waals surface area contributed by atoms with Gasteiger partial charge in [-0.2, -0.15) is 24.9 Å². The van der Waals surface area contributed by atoms with E-state index in [1.165, 1.54) is 17.8 Å². The van der Waals surface area contributed by atoms with Crippen LogP contribution in [0.25, 0.3) is 0 Å². The predicted octanol–water partition coefficient (Wildman–Crippen LogP) is 3.19. The molecule has 0 saturated heterocycles. The molecule has 1 aliphatic rings. The molecular weight excluding hydrogens is 283 g/mol. The smallest absolute Gasteiger partial charge is 0.392 e. The molecule has 0 radical (unpaired) electrons. The lowest BCUT2D eigenvalue weighted by atomic mass is 10.3. The zero-order valence-electron chi connectivity index (χ0n) is 9.20. The minimum atomic E-state index is -4.35. The van der Waals surface area contributed by atoms with Gasteiger partial charge in [-0.05, 0) is 17.7 Å². The number of pyridine rings is 1. The number of nitrogens with zero attached hydrogens (tertiary/aromatic N) is 1. The summed E-state index contributed by atoms with van der Waals surface area (Å²) in [6.07, 6.45) is -3.52. The average Bonchev–Trinajstić information content (AvgIpc) is 2.76. The normalized spacial score (nSPS) is 16.4. The maximum Gasteiger partial charge on any atom is 0.417 e. The Labute approximate surface area is 111 Å². The fraction of sp³-hybridized carbons (Fsp3) is 0.364. The van der Waals surface area contributed by atoms with Gasteiger partial charge < -0.3 is 5.11 Å². The van der Waals surface area contributed by atoms with Crippen molar-refractivity contribution in [2.24, 2.45) is 0 Å². The summed E-state index contributed by atoms with van der Waals surface area (Å²) in [4.78, 5) is 4.79. The maximum atomic E-state index is 12.3. The third-order valence-corrected chi connectivity index (χ3v) is 4.74. The fourth-order valence-electron chi connectivity index (χ4n) is 1.42. The zero-order chi connectivity index (χ0) is 13.2. The van der Waals surface area contributed by atoms with Crippen molar-refractivity contribution in [1.82, 2.24) is 4.98 Å². The van der Waals surface area contributed by atoms with E-state index in [0.717, 1.165) is 34.2 Å². The van der Waals surface area contributed by atoms with Crippen LogP contribution in [0.15, 0.2) is 33.8 Å². The molecule has 0 aromatic carbocycles. The Morgan fingerprint density at radius 3 is 2.67 bits per heavy atom. The molecule has 7 heteroatoms. The molecule has 2 nitrogen and oxygen atoms in total. The Kier molecular flexibility index (Phi) is 4.24. The summed E-state index contributed by atoms with van der Waals surface area (Å²) in [5, 5.41) is 9.63. The third kappa shape index (κ3) is 3.21. The number of rotatable bonds is 3. The van der Waals surface area contributed by atoms with Crippen molar-refractivity contribution < 1.29 is 18.3 Å². The summed E-state index contributed by atoms with van der Waals surface area (Å²) in [6.45, 7) is -0.00400. The quantitative estimate of drug-likeness (QED) is 0.928. The van der Waals surface area contributed by atoms with Crippen molar-refractivity contribution in [2.75, 3.05) is 18.1 Å². The van der Waals surface area contributed by atoms with Gasteiger partial charge in [-0.3, -0.25) is 0 Å². The van der Waals surface area contributed by atoms with E-state index in [1.807, 2.05) is 0 Å². The number of aromatic nitrogens is 1. The molecular formula is C11H10F3NOS2. The van der Waals surface area contributed by atoms with Crippen molar-refractivity contribution >= 4 is 23.5 Å². The largest absolute Gasteiger partial charge is 0.417 e. The summed E-state index contributed by atoms with van der Waals surface area (Å²) in [6, 6.07) is 2.38. The van der Waals surface area contributed by atoms with Gasteiger partial charge in [0, 0.05) is 22.6 Å². The Balaban J connectivity index is 2.12. The van der Waals surface area contributed by atoms with Crippen LogP contribution in [0.2, 0.25) is 0 Å². The lowest BCUT2D eigenvalue weighted by Gasteiger charge is -2.07. The van der Waals surface area contributed by atoms with E-state index in [1.54, 1.807) is 11.8 Å². The van der Waals surface area contributed by atoms with Gasteiger partial charge in [0.25, 0.3) is 0 Å². The van der Waals surface area contributed by atoms with Gasteiger partial charge in [0.2, 0.25) is 0 Å². The molecule has 0 amide bonds.